The lowest BCUT2D eigenvalue weighted by Crippen LogP contribution is -2.01. The highest BCUT2D eigenvalue weighted by Gasteiger charge is 2.13. The molecular weight excluding hydrogens is 234 g/mol. The van der Waals surface area contributed by atoms with E-state index >= 15 is 0 Å². The van der Waals surface area contributed by atoms with Crippen LogP contribution in [0.3, 0.4) is 0 Å². The summed E-state index contributed by atoms with van der Waals surface area (Å²) >= 11 is 0. The fourth-order valence-electron chi connectivity index (χ4n) is 1.96. The van der Waals surface area contributed by atoms with Crippen molar-refractivity contribution in [3.63, 3.8) is 0 Å². The Morgan fingerprint density at radius 2 is 2.17 bits per heavy atom. The van der Waals surface area contributed by atoms with Gasteiger partial charge in [-0.1, -0.05) is 0 Å². The SMILES string of the molecule is Cn1ncc2c(N)nc3ncc(C(=O)O)cc3c21. The third-order valence-corrected chi connectivity index (χ3v) is 2.81. The van der Waals surface area contributed by atoms with Crippen molar-refractivity contribution < 1.29 is 9.90 Å². The number of nitrogen functional groups attached to an aromatic ring is 1. The minimum Gasteiger partial charge on any atom is -0.478 e. The van der Waals surface area contributed by atoms with Crippen LogP contribution in [0.2, 0.25) is 0 Å². The second-order valence-electron chi connectivity index (χ2n) is 3.93. The predicted octanol–water partition coefficient (Wildman–Crippen LogP) is 0.797. The summed E-state index contributed by atoms with van der Waals surface area (Å²) in [5, 5.41) is 14.4. The van der Waals surface area contributed by atoms with Crippen LogP contribution in [-0.2, 0) is 7.05 Å². The van der Waals surface area contributed by atoms with E-state index in [9.17, 15) is 4.79 Å². The van der Waals surface area contributed by atoms with Crippen LogP contribution < -0.4 is 5.73 Å². The Labute approximate surface area is 101 Å². The number of carboxylic acids is 1. The van der Waals surface area contributed by atoms with Gasteiger partial charge in [0.05, 0.1) is 22.7 Å². The van der Waals surface area contributed by atoms with E-state index in [-0.39, 0.29) is 5.56 Å². The van der Waals surface area contributed by atoms with Crippen molar-refractivity contribution in [3.8, 4) is 0 Å². The summed E-state index contributed by atoms with van der Waals surface area (Å²) in [7, 11) is 1.76. The van der Waals surface area contributed by atoms with Gasteiger partial charge in [-0.3, -0.25) is 4.68 Å². The minimum absolute atomic E-state index is 0.108. The first-order valence-electron chi connectivity index (χ1n) is 5.18. The molecule has 3 aromatic heterocycles. The molecule has 0 radical (unpaired) electrons. The number of fused-ring (bicyclic) bond motifs is 3. The molecule has 90 valence electrons. The standard InChI is InChI=1S/C11H9N5O2/c1-16-8-6-2-5(11(17)18)3-13-10(6)15-9(12)7(8)4-14-16/h2-4H,1H3,(H,17,18)(H2,12,13,15). The van der Waals surface area contributed by atoms with Gasteiger partial charge in [0.25, 0.3) is 0 Å². The largest absolute Gasteiger partial charge is 0.478 e. The average Bonchev–Trinajstić information content (AvgIpc) is 2.72. The van der Waals surface area contributed by atoms with Gasteiger partial charge in [-0.05, 0) is 6.07 Å². The highest BCUT2D eigenvalue weighted by atomic mass is 16.4. The summed E-state index contributed by atoms with van der Waals surface area (Å²) in [4.78, 5) is 19.1. The third-order valence-electron chi connectivity index (χ3n) is 2.81. The molecule has 7 heteroatoms. The van der Waals surface area contributed by atoms with E-state index in [0.717, 1.165) is 5.52 Å². The Balaban J connectivity index is 2.53. The van der Waals surface area contributed by atoms with Crippen LogP contribution in [0, 0.1) is 0 Å². The van der Waals surface area contributed by atoms with Gasteiger partial charge in [0.2, 0.25) is 0 Å². The van der Waals surface area contributed by atoms with Crippen LogP contribution in [0.25, 0.3) is 21.9 Å². The van der Waals surface area contributed by atoms with E-state index in [4.69, 9.17) is 10.8 Å². The molecule has 3 heterocycles. The molecule has 0 saturated carbocycles. The molecule has 3 N–H and O–H groups in total. The van der Waals surface area contributed by atoms with E-state index in [2.05, 4.69) is 15.1 Å². The number of carbonyl (C=O) groups is 1. The highest BCUT2D eigenvalue weighted by molar-refractivity contribution is 6.08. The Morgan fingerprint density at radius 1 is 1.39 bits per heavy atom. The molecular formula is C11H9N5O2. The van der Waals surface area contributed by atoms with Gasteiger partial charge in [0, 0.05) is 18.6 Å². The van der Waals surface area contributed by atoms with E-state index < -0.39 is 5.97 Å². The number of nitrogens with zero attached hydrogens (tertiary/aromatic N) is 4. The molecule has 18 heavy (non-hydrogen) atoms. The van der Waals surface area contributed by atoms with Crippen molar-refractivity contribution in [1.82, 2.24) is 19.7 Å². The summed E-state index contributed by atoms with van der Waals surface area (Å²) < 4.78 is 1.63. The van der Waals surface area contributed by atoms with Crippen LogP contribution in [0.15, 0.2) is 18.5 Å². The van der Waals surface area contributed by atoms with E-state index in [1.54, 1.807) is 17.9 Å². The molecule has 0 spiro atoms. The molecule has 3 rings (SSSR count). The number of aromatic carboxylic acids is 1. The normalized spacial score (nSPS) is 11.2. The first-order valence-corrected chi connectivity index (χ1v) is 5.18. The Bertz CT molecular complexity index is 793. The van der Waals surface area contributed by atoms with Crippen LogP contribution >= 0.6 is 0 Å². The number of pyridine rings is 2. The van der Waals surface area contributed by atoms with Gasteiger partial charge < -0.3 is 10.8 Å². The molecule has 0 bridgehead atoms. The highest BCUT2D eigenvalue weighted by Crippen LogP contribution is 2.26. The number of rotatable bonds is 1. The zero-order chi connectivity index (χ0) is 12.9. The fourth-order valence-corrected chi connectivity index (χ4v) is 1.96. The summed E-state index contributed by atoms with van der Waals surface area (Å²) in [5.41, 5.74) is 7.06. The van der Waals surface area contributed by atoms with E-state index in [0.29, 0.717) is 22.2 Å². The van der Waals surface area contributed by atoms with Crippen molar-refractivity contribution in [2.24, 2.45) is 7.05 Å². The van der Waals surface area contributed by atoms with Crippen LogP contribution in [0.5, 0.6) is 0 Å². The summed E-state index contributed by atoms with van der Waals surface area (Å²) in [6.07, 6.45) is 2.86. The molecule has 0 fully saturated rings. The van der Waals surface area contributed by atoms with Crippen molar-refractivity contribution in [3.05, 3.63) is 24.0 Å². The molecule has 0 aliphatic heterocycles. The van der Waals surface area contributed by atoms with Crippen molar-refractivity contribution in [1.29, 1.82) is 0 Å². The lowest BCUT2D eigenvalue weighted by atomic mass is 10.1. The second-order valence-corrected chi connectivity index (χ2v) is 3.93. The molecule has 0 aliphatic rings. The monoisotopic (exact) mass is 243 g/mol. The number of hydrogen-bond donors (Lipinski definition) is 2. The first kappa shape index (κ1) is 10.5. The van der Waals surface area contributed by atoms with Crippen LogP contribution in [-0.4, -0.2) is 30.8 Å². The maximum absolute atomic E-state index is 11.0. The average molecular weight is 243 g/mol. The van der Waals surface area contributed by atoms with Gasteiger partial charge in [0.1, 0.15) is 5.82 Å². The fraction of sp³-hybridized carbons (Fsp3) is 0.0909. The number of aryl methyl sites for hydroxylation is 1. The Hall–Kier alpha value is -2.70. The smallest absolute Gasteiger partial charge is 0.337 e. The number of hydrogen-bond acceptors (Lipinski definition) is 5. The second kappa shape index (κ2) is 3.39. The number of carboxylic acid groups (broad SMARTS) is 1. The third kappa shape index (κ3) is 1.30. The molecule has 0 amide bonds. The number of nitrogens with two attached hydrogens (primary N) is 1. The summed E-state index contributed by atoms with van der Waals surface area (Å²) in [6.45, 7) is 0. The van der Waals surface area contributed by atoms with E-state index in [1.807, 2.05) is 0 Å². The number of anilines is 1. The zero-order valence-corrected chi connectivity index (χ0v) is 9.45. The maximum Gasteiger partial charge on any atom is 0.337 e. The van der Waals surface area contributed by atoms with Gasteiger partial charge in [0.15, 0.2) is 5.65 Å². The molecule has 0 aromatic carbocycles. The van der Waals surface area contributed by atoms with Crippen molar-refractivity contribution in [2.75, 3.05) is 5.73 Å². The first-order chi connectivity index (χ1) is 8.58. The minimum atomic E-state index is -1.03. The molecule has 3 aromatic rings. The topological polar surface area (TPSA) is 107 Å². The van der Waals surface area contributed by atoms with Crippen molar-refractivity contribution >= 4 is 33.7 Å². The summed E-state index contributed by atoms with van der Waals surface area (Å²) in [5.74, 6) is -0.697. The lowest BCUT2D eigenvalue weighted by Gasteiger charge is -2.04. The molecule has 0 atom stereocenters. The quantitative estimate of drug-likeness (QED) is 0.654. The predicted molar refractivity (Wildman–Crippen MR) is 65.2 cm³/mol. The van der Waals surface area contributed by atoms with E-state index in [1.165, 1.54) is 12.3 Å². The summed E-state index contributed by atoms with van der Waals surface area (Å²) in [6, 6.07) is 1.53. The van der Waals surface area contributed by atoms with Gasteiger partial charge >= 0.3 is 5.97 Å². The van der Waals surface area contributed by atoms with Crippen LogP contribution in [0.1, 0.15) is 10.4 Å². The van der Waals surface area contributed by atoms with Gasteiger partial charge in [-0.25, -0.2) is 14.8 Å². The van der Waals surface area contributed by atoms with Gasteiger partial charge in [-0.2, -0.15) is 5.10 Å². The zero-order valence-electron chi connectivity index (χ0n) is 9.45. The Morgan fingerprint density at radius 3 is 2.89 bits per heavy atom. The number of aromatic nitrogens is 4. The molecule has 0 saturated heterocycles. The van der Waals surface area contributed by atoms with Crippen molar-refractivity contribution in [2.45, 2.75) is 0 Å². The molecule has 7 nitrogen and oxygen atoms in total. The van der Waals surface area contributed by atoms with Crippen LogP contribution in [0.4, 0.5) is 5.82 Å². The van der Waals surface area contributed by atoms with Gasteiger partial charge in [-0.15, -0.1) is 0 Å². The lowest BCUT2D eigenvalue weighted by molar-refractivity contribution is 0.0696. The molecule has 0 aliphatic carbocycles. The maximum atomic E-state index is 11.0. The molecule has 0 unspecified atom stereocenters. The Kier molecular flexibility index (Phi) is 1.97.